The maximum atomic E-state index is 11.8. The van der Waals surface area contributed by atoms with Gasteiger partial charge in [0, 0.05) is 21.3 Å². The van der Waals surface area contributed by atoms with Crippen molar-refractivity contribution in [3.05, 3.63) is 69.2 Å². The van der Waals surface area contributed by atoms with Crippen molar-refractivity contribution in [2.24, 2.45) is 0 Å². The molecule has 0 saturated carbocycles. The Morgan fingerprint density at radius 2 is 1.92 bits per heavy atom. The lowest BCUT2D eigenvalue weighted by molar-refractivity contribution is -0.142. The molecule has 0 bridgehead atoms. The number of rotatable bonds is 5. The van der Waals surface area contributed by atoms with E-state index in [4.69, 9.17) is 16.3 Å². The van der Waals surface area contributed by atoms with E-state index in [0.29, 0.717) is 10.7 Å². The summed E-state index contributed by atoms with van der Waals surface area (Å²) in [5, 5.41) is 3.28. The minimum Gasteiger partial charge on any atom is -0.452 e. The van der Waals surface area contributed by atoms with Crippen molar-refractivity contribution in [3.8, 4) is 0 Å². The van der Waals surface area contributed by atoms with E-state index in [0.717, 1.165) is 15.6 Å². The lowest BCUT2D eigenvalue weighted by Gasteiger charge is -2.07. The molecule has 4 nitrogen and oxygen atoms in total. The number of carbonyl (C=O) groups is 2. The van der Waals surface area contributed by atoms with Gasteiger partial charge in [-0.25, -0.2) is 4.79 Å². The maximum Gasteiger partial charge on any atom is 0.331 e. The highest BCUT2D eigenvalue weighted by Gasteiger charge is 2.06. The number of benzene rings is 2. The average Bonchev–Trinajstić information content (AvgIpc) is 2.56. The van der Waals surface area contributed by atoms with Gasteiger partial charge in [-0.2, -0.15) is 0 Å². The fourth-order valence-electron chi connectivity index (χ4n) is 1.79. The summed E-state index contributed by atoms with van der Waals surface area (Å²) in [5.74, 6) is -0.996. The van der Waals surface area contributed by atoms with Crippen LogP contribution in [0, 0.1) is 6.92 Å². The van der Waals surface area contributed by atoms with Crippen LogP contribution >= 0.6 is 27.5 Å². The fourth-order valence-corrected chi connectivity index (χ4v) is 2.30. The second-order valence-electron chi connectivity index (χ2n) is 5.00. The minimum absolute atomic E-state index is 0.352. The smallest absolute Gasteiger partial charge is 0.331 e. The topological polar surface area (TPSA) is 55.4 Å². The minimum atomic E-state index is -0.592. The number of carbonyl (C=O) groups excluding carboxylic acids is 2. The van der Waals surface area contributed by atoms with Gasteiger partial charge in [0.2, 0.25) is 0 Å². The van der Waals surface area contributed by atoms with Crippen LogP contribution in [-0.4, -0.2) is 18.5 Å². The molecule has 6 heteroatoms. The summed E-state index contributed by atoms with van der Waals surface area (Å²) < 4.78 is 5.79. The van der Waals surface area contributed by atoms with Crippen molar-refractivity contribution < 1.29 is 14.3 Å². The number of amides is 1. The predicted molar refractivity (Wildman–Crippen MR) is 99.0 cm³/mol. The van der Waals surface area contributed by atoms with Gasteiger partial charge in [0.1, 0.15) is 0 Å². The zero-order chi connectivity index (χ0) is 17.5. The number of aryl methyl sites for hydroxylation is 1. The summed E-state index contributed by atoms with van der Waals surface area (Å²) in [4.78, 5) is 23.4. The molecule has 2 rings (SSSR count). The van der Waals surface area contributed by atoms with Gasteiger partial charge in [-0.05, 0) is 48.4 Å². The van der Waals surface area contributed by atoms with E-state index in [2.05, 4.69) is 21.2 Å². The number of halogens is 2. The molecular formula is C18H15BrClNO3. The number of ether oxygens (including phenoxy) is 1. The van der Waals surface area contributed by atoms with E-state index in [9.17, 15) is 9.59 Å². The summed E-state index contributed by atoms with van der Waals surface area (Å²) in [7, 11) is 0. The molecule has 124 valence electrons. The van der Waals surface area contributed by atoms with Crippen LogP contribution in [0.5, 0.6) is 0 Å². The van der Waals surface area contributed by atoms with Crippen LogP contribution in [0.2, 0.25) is 5.02 Å². The SMILES string of the molecule is Cc1ccc(NC(=O)COC(=O)/C=C/c2ccc(Cl)cc2)cc1Br. The van der Waals surface area contributed by atoms with Gasteiger partial charge in [0.25, 0.3) is 5.91 Å². The van der Waals surface area contributed by atoms with Crippen LogP contribution in [-0.2, 0) is 14.3 Å². The molecule has 0 atom stereocenters. The Bertz CT molecular complexity index is 772. The number of hydrogen-bond donors (Lipinski definition) is 1. The van der Waals surface area contributed by atoms with Crippen molar-refractivity contribution in [1.29, 1.82) is 0 Å². The highest BCUT2D eigenvalue weighted by Crippen LogP contribution is 2.20. The molecule has 1 N–H and O–H groups in total. The molecule has 0 unspecified atom stereocenters. The normalized spacial score (nSPS) is 10.6. The van der Waals surface area contributed by atoms with E-state index >= 15 is 0 Å². The van der Waals surface area contributed by atoms with Gasteiger partial charge in [0.05, 0.1) is 0 Å². The first-order valence-electron chi connectivity index (χ1n) is 7.10. The van der Waals surface area contributed by atoms with Crippen molar-refractivity contribution >= 4 is 51.2 Å². The van der Waals surface area contributed by atoms with E-state index in [1.54, 1.807) is 42.5 Å². The van der Waals surface area contributed by atoms with Gasteiger partial charge in [-0.15, -0.1) is 0 Å². The lowest BCUT2D eigenvalue weighted by Crippen LogP contribution is -2.20. The molecule has 24 heavy (non-hydrogen) atoms. The van der Waals surface area contributed by atoms with Gasteiger partial charge in [0.15, 0.2) is 6.61 Å². The first kappa shape index (κ1) is 18.2. The molecule has 0 heterocycles. The Kier molecular flexibility index (Phi) is 6.58. The van der Waals surface area contributed by atoms with Gasteiger partial charge in [-0.1, -0.05) is 45.7 Å². The number of anilines is 1. The van der Waals surface area contributed by atoms with Crippen LogP contribution in [0.25, 0.3) is 6.08 Å². The largest absolute Gasteiger partial charge is 0.452 e. The van der Waals surface area contributed by atoms with Crippen molar-refractivity contribution in [1.82, 2.24) is 0 Å². The second kappa shape index (κ2) is 8.66. The average molecular weight is 409 g/mol. The standard InChI is InChI=1S/C18H15BrClNO3/c1-12-2-8-15(10-16(12)19)21-17(22)11-24-18(23)9-5-13-3-6-14(20)7-4-13/h2-10H,11H2,1H3,(H,21,22)/b9-5+. The first-order valence-corrected chi connectivity index (χ1v) is 8.27. The monoisotopic (exact) mass is 407 g/mol. The molecule has 0 spiro atoms. The Morgan fingerprint density at radius 3 is 2.58 bits per heavy atom. The third kappa shape index (κ3) is 5.83. The van der Waals surface area contributed by atoms with Crippen LogP contribution in [0.4, 0.5) is 5.69 Å². The summed E-state index contributed by atoms with van der Waals surface area (Å²) >= 11 is 9.17. The Hall–Kier alpha value is -2.11. The molecule has 1 amide bonds. The van der Waals surface area contributed by atoms with E-state index in [1.165, 1.54) is 6.08 Å². The quantitative estimate of drug-likeness (QED) is 0.581. The van der Waals surface area contributed by atoms with E-state index < -0.39 is 11.9 Å². The zero-order valence-corrected chi connectivity index (χ0v) is 15.2. The predicted octanol–water partition coefficient (Wildman–Crippen LogP) is 4.61. The third-order valence-electron chi connectivity index (χ3n) is 3.08. The van der Waals surface area contributed by atoms with Crippen LogP contribution < -0.4 is 5.32 Å². The number of hydrogen-bond acceptors (Lipinski definition) is 3. The molecule has 0 aliphatic carbocycles. The number of nitrogens with one attached hydrogen (secondary N) is 1. The van der Waals surface area contributed by atoms with E-state index in [-0.39, 0.29) is 6.61 Å². The first-order chi connectivity index (χ1) is 11.4. The lowest BCUT2D eigenvalue weighted by atomic mass is 10.2. The molecule has 2 aromatic carbocycles. The second-order valence-corrected chi connectivity index (χ2v) is 6.30. The van der Waals surface area contributed by atoms with Gasteiger partial charge in [-0.3, -0.25) is 4.79 Å². The Labute approximate surface area is 153 Å². The fraction of sp³-hybridized carbons (Fsp3) is 0.111. The molecule has 0 aliphatic rings. The highest BCUT2D eigenvalue weighted by molar-refractivity contribution is 9.10. The third-order valence-corrected chi connectivity index (χ3v) is 4.19. The maximum absolute atomic E-state index is 11.8. The molecule has 0 fully saturated rings. The van der Waals surface area contributed by atoms with Gasteiger partial charge < -0.3 is 10.1 Å². The van der Waals surface area contributed by atoms with Crippen LogP contribution in [0.3, 0.4) is 0 Å². The van der Waals surface area contributed by atoms with Crippen LogP contribution in [0.15, 0.2) is 53.0 Å². The molecule has 0 radical (unpaired) electrons. The van der Waals surface area contributed by atoms with Crippen LogP contribution in [0.1, 0.15) is 11.1 Å². The molecule has 2 aromatic rings. The van der Waals surface area contributed by atoms with Crippen molar-refractivity contribution in [2.75, 3.05) is 11.9 Å². The summed E-state index contributed by atoms with van der Waals surface area (Å²) in [5.41, 5.74) is 2.50. The summed E-state index contributed by atoms with van der Waals surface area (Å²) in [6.07, 6.45) is 2.85. The zero-order valence-electron chi connectivity index (χ0n) is 12.9. The Balaban J connectivity index is 1.81. The highest BCUT2D eigenvalue weighted by atomic mass is 79.9. The summed E-state index contributed by atoms with van der Waals surface area (Å²) in [6.45, 7) is 1.60. The summed E-state index contributed by atoms with van der Waals surface area (Å²) in [6, 6.07) is 12.4. The van der Waals surface area contributed by atoms with E-state index in [1.807, 2.05) is 13.0 Å². The Morgan fingerprint density at radius 1 is 1.21 bits per heavy atom. The van der Waals surface area contributed by atoms with Crippen molar-refractivity contribution in [3.63, 3.8) is 0 Å². The van der Waals surface area contributed by atoms with Gasteiger partial charge >= 0.3 is 5.97 Å². The molecule has 0 aromatic heterocycles. The molecule has 0 saturated heterocycles. The molecule has 0 aliphatic heterocycles. The number of esters is 1. The van der Waals surface area contributed by atoms with Crippen molar-refractivity contribution in [2.45, 2.75) is 6.92 Å². The molecular weight excluding hydrogens is 394 g/mol.